The Morgan fingerprint density at radius 3 is 2.50 bits per heavy atom. The zero-order chi connectivity index (χ0) is 17.8. The van der Waals surface area contributed by atoms with Crippen molar-refractivity contribution in [3.05, 3.63) is 61.3 Å². The third kappa shape index (κ3) is 3.31. The van der Waals surface area contributed by atoms with E-state index >= 15 is 0 Å². The van der Waals surface area contributed by atoms with E-state index in [1.165, 1.54) is 0 Å². The molecule has 0 aliphatic carbocycles. The van der Waals surface area contributed by atoms with Crippen LogP contribution in [-0.2, 0) is 0 Å². The van der Waals surface area contributed by atoms with Gasteiger partial charge >= 0.3 is 0 Å². The largest absolute Gasteiger partial charge is 0.366 e. The summed E-state index contributed by atoms with van der Waals surface area (Å²) in [6.07, 6.45) is 3.67. The lowest BCUT2D eigenvalue weighted by Crippen LogP contribution is -2.47. The van der Waals surface area contributed by atoms with Crippen LogP contribution in [0.2, 0.25) is 0 Å². The van der Waals surface area contributed by atoms with Gasteiger partial charge < -0.3 is 15.1 Å². The molecule has 0 spiro atoms. The summed E-state index contributed by atoms with van der Waals surface area (Å²) in [5.41, 5.74) is 0.955. The van der Waals surface area contributed by atoms with Gasteiger partial charge in [0.15, 0.2) is 0 Å². The zero-order valence-corrected chi connectivity index (χ0v) is 14.7. The van der Waals surface area contributed by atoms with Crippen molar-refractivity contribution >= 4 is 28.5 Å². The molecule has 1 N–H and O–H groups in total. The number of nitrogens with zero attached hydrogens (tertiary/aromatic N) is 5. The summed E-state index contributed by atoms with van der Waals surface area (Å²) < 4.78 is 0. The highest BCUT2D eigenvalue weighted by molar-refractivity contribution is 5.90. The third-order valence-corrected chi connectivity index (χ3v) is 4.54. The molecule has 3 heterocycles. The number of anilines is 3. The predicted molar refractivity (Wildman–Crippen MR) is 107 cm³/mol. The number of aromatic nitrogens is 3. The van der Waals surface area contributed by atoms with Crippen molar-refractivity contribution in [1.82, 2.24) is 15.0 Å². The molecular formula is C20H22N6. The Labute approximate surface area is 153 Å². The average molecular weight is 346 g/mol. The Hall–Kier alpha value is -3.15. The Morgan fingerprint density at radius 2 is 1.73 bits per heavy atom. The Kier molecular flexibility index (Phi) is 4.64. The summed E-state index contributed by atoms with van der Waals surface area (Å²) in [6, 6.07) is 14.1. The fraction of sp³-hybridized carbons (Fsp3) is 0.250. The quantitative estimate of drug-likeness (QED) is 0.717. The molecule has 0 unspecified atom stereocenters. The molecule has 1 saturated heterocycles. The van der Waals surface area contributed by atoms with E-state index in [0.29, 0.717) is 6.54 Å². The van der Waals surface area contributed by atoms with E-state index in [9.17, 15) is 0 Å². The number of hydrogen-bond acceptors (Lipinski definition) is 6. The van der Waals surface area contributed by atoms with Crippen molar-refractivity contribution in [3.8, 4) is 0 Å². The molecule has 0 bridgehead atoms. The Balaban J connectivity index is 1.56. The van der Waals surface area contributed by atoms with Crippen molar-refractivity contribution in [2.24, 2.45) is 0 Å². The first-order chi connectivity index (χ1) is 12.8. The highest BCUT2D eigenvalue weighted by Crippen LogP contribution is 2.24. The number of piperazine rings is 1. The number of pyridine rings is 1. The van der Waals surface area contributed by atoms with Crippen molar-refractivity contribution in [1.29, 1.82) is 0 Å². The van der Waals surface area contributed by atoms with Crippen LogP contribution < -0.4 is 15.1 Å². The van der Waals surface area contributed by atoms with Crippen molar-refractivity contribution in [2.45, 2.75) is 0 Å². The number of hydrogen-bond donors (Lipinski definition) is 1. The van der Waals surface area contributed by atoms with Gasteiger partial charge in [-0.15, -0.1) is 6.58 Å². The maximum absolute atomic E-state index is 4.78. The van der Waals surface area contributed by atoms with Crippen LogP contribution in [-0.4, -0.2) is 47.7 Å². The fourth-order valence-corrected chi connectivity index (χ4v) is 3.19. The van der Waals surface area contributed by atoms with Gasteiger partial charge in [0.05, 0.1) is 5.52 Å². The monoisotopic (exact) mass is 346 g/mol. The van der Waals surface area contributed by atoms with Crippen LogP contribution in [0.15, 0.2) is 61.3 Å². The van der Waals surface area contributed by atoms with Gasteiger partial charge in [0.25, 0.3) is 0 Å². The topological polar surface area (TPSA) is 57.2 Å². The standard InChI is InChI=1S/C20H22N6/c1-2-10-22-19-16-7-3-4-8-17(16)23-20(24-19)26-14-12-25(13-15-26)18-9-5-6-11-21-18/h2-9,11H,1,10,12-15H2,(H,22,23,24). The predicted octanol–water partition coefficient (Wildman–Crippen LogP) is 2.95. The van der Waals surface area contributed by atoms with E-state index in [1.807, 2.05) is 48.7 Å². The van der Waals surface area contributed by atoms with E-state index in [1.54, 1.807) is 0 Å². The lowest BCUT2D eigenvalue weighted by molar-refractivity contribution is 0.636. The minimum atomic E-state index is 0.675. The molecule has 6 nitrogen and oxygen atoms in total. The van der Waals surface area contributed by atoms with Crippen molar-refractivity contribution in [3.63, 3.8) is 0 Å². The molecule has 132 valence electrons. The number of nitrogens with one attached hydrogen (secondary N) is 1. The molecule has 1 aliphatic rings. The van der Waals surface area contributed by atoms with Gasteiger partial charge in [0.2, 0.25) is 5.95 Å². The molecule has 0 radical (unpaired) electrons. The second kappa shape index (κ2) is 7.39. The van der Waals surface area contributed by atoms with E-state index < -0.39 is 0 Å². The average Bonchev–Trinajstić information content (AvgIpc) is 2.72. The number of para-hydroxylation sites is 1. The zero-order valence-electron chi connectivity index (χ0n) is 14.7. The minimum absolute atomic E-state index is 0.675. The van der Waals surface area contributed by atoms with Gasteiger partial charge in [-0.1, -0.05) is 24.3 Å². The van der Waals surface area contributed by atoms with Crippen LogP contribution in [0.25, 0.3) is 10.9 Å². The summed E-state index contributed by atoms with van der Waals surface area (Å²) in [7, 11) is 0. The van der Waals surface area contributed by atoms with Crippen LogP contribution in [0.5, 0.6) is 0 Å². The second-order valence-electron chi connectivity index (χ2n) is 6.22. The van der Waals surface area contributed by atoms with Gasteiger partial charge in [-0.3, -0.25) is 0 Å². The number of fused-ring (bicyclic) bond motifs is 1. The van der Waals surface area contributed by atoms with Crippen LogP contribution in [0.1, 0.15) is 0 Å². The van der Waals surface area contributed by atoms with Gasteiger partial charge in [-0.25, -0.2) is 9.97 Å². The fourth-order valence-electron chi connectivity index (χ4n) is 3.19. The van der Waals surface area contributed by atoms with E-state index in [-0.39, 0.29) is 0 Å². The lowest BCUT2D eigenvalue weighted by Gasteiger charge is -2.35. The van der Waals surface area contributed by atoms with E-state index in [0.717, 1.165) is 54.7 Å². The summed E-state index contributed by atoms with van der Waals surface area (Å²) in [5.74, 6) is 2.66. The van der Waals surface area contributed by atoms with Crippen LogP contribution in [0.4, 0.5) is 17.6 Å². The summed E-state index contributed by atoms with van der Waals surface area (Å²) in [5, 5.41) is 4.37. The molecule has 0 saturated carbocycles. The molecule has 6 heteroatoms. The minimum Gasteiger partial charge on any atom is -0.366 e. The molecule has 1 aliphatic heterocycles. The van der Waals surface area contributed by atoms with Crippen LogP contribution in [0.3, 0.4) is 0 Å². The molecule has 0 atom stereocenters. The van der Waals surface area contributed by atoms with Gasteiger partial charge in [0, 0.05) is 44.3 Å². The lowest BCUT2D eigenvalue weighted by atomic mass is 10.2. The molecular weight excluding hydrogens is 324 g/mol. The first kappa shape index (κ1) is 16.3. The molecule has 1 fully saturated rings. The highest BCUT2D eigenvalue weighted by Gasteiger charge is 2.21. The van der Waals surface area contributed by atoms with Crippen LogP contribution in [0, 0.1) is 0 Å². The third-order valence-electron chi connectivity index (χ3n) is 4.54. The molecule has 26 heavy (non-hydrogen) atoms. The van der Waals surface area contributed by atoms with Crippen molar-refractivity contribution < 1.29 is 0 Å². The number of benzene rings is 1. The smallest absolute Gasteiger partial charge is 0.228 e. The maximum atomic E-state index is 4.78. The van der Waals surface area contributed by atoms with Gasteiger partial charge in [0.1, 0.15) is 11.6 Å². The molecule has 4 rings (SSSR count). The van der Waals surface area contributed by atoms with Crippen LogP contribution >= 0.6 is 0 Å². The summed E-state index contributed by atoms with van der Waals surface area (Å²) in [6.45, 7) is 8.00. The SMILES string of the molecule is C=CCNc1nc(N2CCN(c3ccccn3)CC2)nc2ccccc12. The first-order valence-electron chi connectivity index (χ1n) is 8.87. The summed E-state index contributed by atoms with van der Waals surface area (Å²) in [4.78, 5) is 18.5. The Morgan fingerprint density at radius 1 is 0.962 bits per heavy atom. The van der Waals surface area contributed by atoms with Crippen molar-refractivity contribution in [2.75, 3.05) is 47.8 Å². The Bertz CT molecular complexity index is 887. The maximum Gasteiger partial charge on any atom is 0.228 e. The van der Waals surface area contributed by atoms with Gasteiger partial charge in [-0.2, -0.15) is 4.98 Å². The first-order valence-corrected chi connectivity index (χ1v) is 8.87. The molecule has 3 aromatic rings. The van der Waals surface area contributed by atoms with E-state index in [4.69, 9.17) is 9.97 Å². The molecule has 2 aromatic heterocycles. The normalized spacial score (nSPS) is 14.5. The molecule has 0 amide bonds. The second-order valence-corrected chi connectivity index (χ2v) is 6.22. The van der Waals surface area contributed by atoms with E-state index in [2.05, 4.69) is 32.7 Å². The molecule has 1 aromatic carbocycles. The number of rotatable bonds is 5. The highest BCUT2D eigenvalue weighted by atomic mass is 15.3. The summed E-state index contributed by atoms with van der Waals surface area (Å²) >= 11 is 0. The van der Waals surface area contributed by atoms with Gasteiger partial charge in [-0.05, 0) is 24.3 Å².